The number of aromatic nitrogens is 2. The standard InChI is InChI=1S/C26H30ClN5O3/c1-16-23(31-22-8-7-19(28-3)11-21(22)27)29-15-30-24(16)34-14-20-17-5-6-18(20)13-32(12-17)25(33)35-26(2)9-4-10-26/h7-8,11,15,17-18,20H,4-6,9-10,12-14H2,1-2H3,(H,29,30,31). The fourth-order valence-corrected chi connectivity index (χ4v) is 5.71. The molecule has 184 valence electrons. The normalized spacial score (nSPS) is 24.3. The third-order valence-electron chi connectivity index (χ3n) is 7.82. The molecular weight excluding hydrogens is 466 g/mol. The van der Waals surface area contributed by atoms with Crippen LogP contribution in [-0.4, -0.2) is 46.3 Å². The summed E-state index contributed by atoms with van der Waals surface area (Å²) in [5, 5.41) is 3.67. The number of rotatable bonds is 6. The van der Waals surface area contributed by atoms with E-state index in [2.05, 4.69) is 20.1 Å². The van der Waals surface area contributed by atoms with Gasteiger partial charge in [-0.1, -0.05) is 17.7 Å². The van der Waals surface area contributed by atoms with Gasteiger partial charge in [0.15, 0.2) is 5.69 Å². The van der Waals surface area contributed by atoms with Crippen LogP contribution in [0.2, 0.25) is 5.02 Å². The van der Waals surface area contributed by atoms with Crippen molar-refractivity contribution in [1.29, 1.82) is 0 Å². The molecule has 2 atom stereocenters. The van der Waals surface area contributed by atoms with Crippen LogP contribution < -0.4 is 10.1 Å². The second-order valence-electron chi connectivity index (χ2n) is 10.2. The topological polar surface area (TPSA) is 80.9 Å². The first kappa shape index (κ1) is 23.7. The maximum atomic E-state index is 12.7. The minimum absolute atomic E-state index is 0.158. The molecule has 2 aromatic rings. The fraction of sp³-hybridized carbons (Fsp3) is 0.538. The summed E-state index contributed by atoms with van der Waals surface area (Å²) in [5.41, 5.74) is 1.67. The Hall–Kier alpha value is -3.05. The van der Waals surface area contributed by atoms with E-state index in [9.17, 15) is 4.79 Å². The van der Waals surface area contributed by atoms with Gasteiger partial charge in [-0.25, -0.2) is 19.6 Å². The molecule has 2 aliphatic carbocycles. The lowest BCUT2D eigenvalue weighted by Gasteiger charge is -2.42. The fourth-order valence-electron chi connectivity index (χ4n) is 5.49. The second-order valence-corrected chi connectivity index (χ2v) is 10.6. The predicted octanol–water partition coefficient (Wildman–Crippen LogP) is 6.15. The van der Waals surface area contributed by atoms with Gasteiger partial charge in [-0.3, -0.25) is 0 Å². The molecule has 1 amide bonds. The Morgan fingerprint density at radius 1 is 1.29 bits per heavy atom. The number of nitrogens with zero attached hydrogens (tertiary/aromatic N) is 4. The number of piperidine rings is 1. The highest BCUT2D eigenvalue weighted by atomic mass is 35.5. The van der Waals surface area contributed by atoms with Crippen LogP contribution in [0.25, 0.3) is 4.85 Å². The zero-order chi connectivity index (χ0) is 24.6. The van der Waals surface area contributed by atoms with Crippen molar-refractivity contribution in [2.45, 2.75) is 51.6 Å². The second kappa shape index (κ2) is 9.54. The van der Waals surface area contributed by atoms with E-state index in [0.717, 1.165) is 50.8 Å². The van der Waals surface area contributed by atoms with E-state index in [1.54, 1.807) is 18.2 Å². The average Bonchev–Trinajstić information content (AvgIpc) is 3.05. The Bertz CT molecular complexity index is 1150. The van der Waals surface area contributed by atoms with Gasteiger partial charge in [-0.2, -0.15) is 0 Å². The summed E-state index contributed by atoms with van der Waals surface area (Å²) in [5.74, 6) is 2.36. The number of carbonyl (C=O) groups is 1. The summed E-state index contributed by atoms with van der Waals surface area (Å²) in [6.45, 7) is 13.1. The van der Waals surface area contributed by atoms with Gasteiger partial charge < -0.3 is 19.7 Å². The highest BCUT2D eigenvalue weighted by Gasteiger charge is 2.45. The van der Waals surface area contributed by atoms with Gasteiger partial charge in [0.05, 0.1) is 29.5 Å². The molecule has 1 N–H and O–H groups in total. The number of amides is 1. The molecule has 8 nitrogen and oxygen atoms in total. The van der Waals surface area contributed by atoms with Crippen LogP contribution in [0.5, 0.6) is 5.88 Å². The van der Waals surface area contributed by atoms with Crippen LogP contribution in [0.1, 0.15) is 44.6 Å². The van der Waals surface area contributed by atoms with Crippen molar-refractivity contribution in [2.24, 2.45) is 17.8 Å². The average molecular weight is 496 g/mol. The van der Waals surface area contributed by atoms with Gasteiger partial charge in [0, 0.05) is 19.0 Å². The molecule has 1 saturated heterocycles. The molecule has 2 bridgehead atoms. The number of hydrogen-bond donors (Lipinski definition) is 1. The molecule has 2 saturated carbocycles. The Morgan fingerprint density at radius 2 is 2.03 bits per heavy atom. The maximum Gasteiger partial charge on any atom is 0.410 e. The number of benzene rings is 1. The van der Waals surface area contributed by atoms with Crippen molar-refractivity contribution in [2.75, 3.05) is 25.0 Å². The van der Waals surface area contributed by atoms with E-state index in [4.69, 9.17) is 27.6 Å². The minimum Gasteiger partial charge on any atom is -0.477 e. The van der Waals surface area contributed by atoms with Gasteiger partial charge in [0.1, 0.15) is 17.7 Å². The van der Waals surface area contributed by atoms with E-state index in [0.29, 0.717) is 52.5 Å². The quantitative estimate of drug-likeness (QED) is 0.484. The van der Waals surface area contributed by atoms with E-state index in [1.807, 2.05) is 18.7 Å². The molecule has 5 rings (SSSR count). The molecular formula is C26H30ClN5O3. The SMILES string of the molecule is [C-]#[N+]c1ccc(Nc2ncnc(OCC3C4CCC3CN(C(=O)OC3(C)CCC3)C4)c2C)c(Cl)c1. The van der Waals surface area contributed by atoms with E-state index >= 15 is 0 Å². The lowest BCUT2D eigenvalue weighted by atomic mass is 9.82. The lowest BCUT2D eigenvalue weighted by molar-refractivity contribution is -0.0558. The van der Waals surface area contributed by atoms with Crippen molar-refractivity contribution >= 4 is 34.9 Å². The molecule has 1 aromatic heterocycles. The Labute approximate surface area is 210 Å². The van der Waals surface area contributed by atoms with Gasteiger partial charge >= 0.3 is 6.09 Å². The molecule has 2 heterocycles. The molecule has 0 spiro atoms. The predicted molar refractivity (Wildman–Crippen MR) is 133 cm³/mol. The number of anilines is 2. The van der Waals surface area contributed by atoms with Crippen molar-refractivity contribution in [3.8, 4) is 5.88 Å². The number of carbonyl (C=O) groups excluding carboxylic acids is 1. The first-order chi connectivity index (χ1) is 16.8. The van der Waals surface area contributed by atoms with Gasteiger partial charge in [-0.05, 0) is 69.9 Å². The summed E-state index contributed by atoms with van der Waals surface area (Å²) in [6, 6.07) is 5.09. The van der Waals surface area contributed by atoms with Crippen molar-refractivity contribution in [3.63, 3.8) is 0 Å². The molecule has 2 unspecified atom stereocenters. The van der Waals surface area contributed by atoms with Crippen LogP contribution in [0.15, 0.2) is 24.5 Å². The molecule has 1 aromatic carbocycles. The number of halogens is 1. The number of likely N-dealkylation sites (tertiary alicyclic amines) is 1. The van der Waals surface area contributed by atoms with Crippen molar-refractivity contribution in [1.82, 2.24) is 14.9 Å². The highest BCUT2D eigenvalue weighted by Crippen LogP contribution is 2.43. The highest BCUT2D eigenvalue weighted by molar-refractivity contribution is 6.33. The monoisotopic (exact) mass is 495 g/mol. The van der Waals surface area contributed by atoms with Crippen LogP contribution in [0.3, 0.4) is 0 Å². The van der Waals surface area contributed by atoms with Gasteiger partial charge in [0.2, 0.25) is 5.88 Å². The van der Waals surface area contributed by atoms with Crippen LogP contribution >= 0.6 is 11.6 Å². The Morgan fingerprint density at radius 3 is 2.66 bits per heavy atom. The number of hydrogen-bond acceptors (Lipinski definition) is 6. The first-order valence-electron chi connectivity index (χ1n) is 12.2. The lowest BCUT2D eigenvalue weighted by Crippen LogP contribution is -2.50. The Balaban J connectivity index is 1.20. The molecule has 1 aliphatic heterocycles. The summed E-state index contributed by atoms with van der Waals surface area (Å²) < 4.78 is 12.0. The van der Waals surface area contributed by atoms with Crippen molar-refractivity contribution < 1.29 is 14.3 Å². The van der Waals surface area contributed by atoms with Gasteiger partial charge in [0.25, 0.3) is 0 Å². The van der Waals surface area contributed by atoms with E-state index in [1.165, 1.54) is 6.33 Å². The van der Waals surface area contributed by atoms with E-state index in [-0.39, 0.29) is 11.7 Å². The van der Waals surface area contributed by atoms with Gasteiger partial charge in [-0.15, -0.1) is 0 Å². The largest absolute Gasteiger partial charge is 0.477 e. The molecule has 0 radical (unpaired) electrons. The number of nitrogens with one attached hydrogen (secondary N) is 1. The summed E-state index contributed by atoms with van der Waals surface area (Å²) >= 11 is 6.32. The maximum absolute atomic E-state index is 12.7. The third-order valence-corrected chi connectivity index (χ3v) is 8.13. The molecule has 3 aliphatic rings. The van der Waals surface area contributed by atoms with E-state index < -0.39 is 0 Å². The minimum atomic E-state index is -0.268. The number of ether oxygens (including phenoxy) is 2. The zero-order valence-electron chi connectivity index (χ0n) is 20.1. The van der Waals surface area contributed by atoms with Crippen molar-refractivity contribution in [3.05, 3.63) is 46.5 Å². The molecule has 9 heteroatoms. The smallest absolute Gasteiger partial charge is 0.410 e. The first-order valence-corrected chi connectivity index (χ1v) is 12.6. The third kappa shape index (κ3) is 4.87. The summed E-state index contributed by atoms with van der Waals surface area (Å²) in [6.07, 6.45) is 6.58. The van der Waals surface area contributed by atoms with Crippen LogP contribution in [-0.2, 0) is 4.74 Å². The summed E-state index contributed by atoms with van der Waals surface area (Å²) in [4.78, 5) is 26.7. The molecule has 3 fully saturated rings. The van der Waals surface area contributed by atoms with Crippen LogP contribution in [0, 0.1) is 31.2 Å². The Kier molecular flexibility index (Phi) is 6.45. The van der Waals surface area contributed by atoms with Crippen LogP contribution in [0.4, 0.5) is 22.0 Å². The summed E-state index contributed by atoms with van der Waals surface area (Å²) in [7, 11) is 0. The number of fused-ring (bicyclic) bond motifs is 2. The zero-order valence-corrected chi connectivity index (χ0v) is 20.8. The molecule has 35 heavy (non-hydrogen) atoms.